The fourth-order valence-electron chi connectivity index (χ4n) is 3.95. The molecular formula is C20H27N5O2. The molecule has 0 saturated carbocycles. The largest absolute Gasteiger partial charge is 0.379 e. The molecule has 0 N–H and O–H groups in total. The molecule has 1 aromatic carbocycles. The number of amides is 1. The Morgan fingerprint density at radius 2 is 1.93 bits per heavy atom. The van der Waals surface area contributed by atoms with Crippen LogP contribution in [0.4, 0.5) is 0 Å². The standard InChI is InChI=1S/C20H27N5O2/c26-20(16-24-15-19(21-22-24)17-6-2-1-3-7-17)25-9-5-4-8-18(25)14-23-10-12-27-13-11-23/h1-3,6-7,15,18H,4-5,8-14,16H2. The average molecular weight is 369 g/mol. The molecule has 1 unspecified atom stereocenters. The van der Waals surface area contributed by atoms with E-state index < -0.39 is 0 Å². The van der Waals surface area contributed by atoms with Crippen LogP contribution in [0.1, 0.15) is 19.3 Å². The molecule has 7 heteroatoms. The number of likely N-dealkylation sites (tertiary alicyclic amines) is 1. The van der Waals surface area contributed by atoms with Crippen LogP contribution in [0.2, 0.25) is 0 Å². The number of carbonyl (C=O) groups excluding carboxylic acids is 1. The molecular weight excluding hydrogens is 342 g/mol. The van der Waals surface area contributed by atoms with Crippen molar-refractivity contribution >= 4 is 5.91 Å². The topological polar surface area (TPSA) is 63.5 Å². The minimum absolute atomic E-state index is 0.137. The number of ether oxygens (including phenoxy) is 1. The Bertz CT molecular complexity index is 742. The summed E-state index contributed by atoms with van der Waals surface area (Å²) in [5, 5.41) is 8.38. The quantitative estimate of drug-likeness (QED) is 0.802. The van der Waals surface area contributed by atoms with Crippen LogP contribution in [0, 0.1) is 0 Å². The number of carbonyl (C=O) groups is 1. The highest BCUT2D eigenvalue weighted by atomic mass is 16.5. The van der Waals surface area contributed by atoms with E-state index in [1.54, 1.807) is 4.68 Å². The Morgan fingerprint density at radius 3 is 2.74 bits per heavy atom. The van der Waals surface area contributed by atoms with Crippen molar-refractivity contribution in [1.82, 2.24) is 24.8 Å². The van der Waals surface area contributed by atoms with E-state index in [4.69, 9.17) is 4.74 Å². The second-order valence-electron chi connectivity index (χ2n) is 7.32. The van der Waals surface area contributed by atoms with E-state index in [0.717, 1.165) is 63.5 Å². The molecule has 144 valence electrons. The Hall–Kier alpha value is -2.25. The molecule has 0 bridgehead atoms. The zero-order valence-corrected chi connectivity index (χ0v) is 15.7. The lowest BCUT2D eigenvalue weighted by Gasteiger charge is -2.39. The van der Waals surface area contributed by atoms with Crippen LogP contribution >= 0.6 is 0 Å². The van der Waals surface area contributed by atoms with Gasteiger partial charge in [-0.3, -0.25) is 9.69 Å². The number of nitrogens with zero attached hydrogens (tertiary/aromatic N) is 5. The molecule has 2 aliphatic heterocycles. The van der Waals surface area contributed by atoms with Gasteiger partial charge in [-0.1, -0.05) is 35.5 Å². The van der Waals surface area contributed by atoms with Gasteiger partial charge in [-0.15, -0.1) is 5.10 Å². The molecule has 2 saturated heterocycles. The second kappa shape index (κ2) is 8.63. The van der Waals surface area contributed by atoms with E-state index in [0.29, 0.717) is 6.04 Å². The lowest BCUT2D eigenvalue weighted by Crippen LogP contribution is -2.52. The van der Waals surface area contributed by atoms with Gasteiger partial charge < -0.3 is 9.64 Å². The van der Waals surface area contributed by atoms with Gasteiger partial charge in [0.15, 0.2) is 0 Å². The first-order valence-electron chi connectivity index (χ1n) is 9.85. The molecule has 2 fully saturated rings. The summed E-state index contributed by atoms with van der Waals surface area (Å²) in [5.41, 5.74) is 1.81. The van der Waals surface area contributed by atoms with Crippen LogP contribution in [-0.4, -0.2) is 76.1 Å². The summed E-state index contributed by atoms with van der Waals surface area (Å²) in [7, 11) is 0. The second-order valence-corrected chi connectivity index (χ2v) is 7.32. The number of hydrogen-bond donors (Lipinski definition) is 0. The number of rotatable bonds is 5. The number of benzene rings is 1. The minimum atomic E-state index is 0.137. The summed E-state index contributed by atoms with van der Waals surface area (Å²) < 4.78 is 7.10. The van der Waals surface area contributed by atoms with Gasteiger partial charge in [-0.05, 0) is 19.3 Å². The van der Waals surface area contributed by atoms with Gasteiger partial charge in [0, 0.05) is 37.8 Å². The molecule has 0 spiro atoms. The molecule has 3 heterocycles. The lowest BCUT2D eigenvalue weighted by molar-refractivity contribution is -0.136. The van der Waals surface area contributed by atoms with Crippen LogP contribution < -0.4 is 0 Å². The zero-order chi connectivity index (χ0) is 18.5. The third kappa shape index (κ3) is 4.54. The van der Waals surface area contributed by atoms with Crippen LogP contribution in [0.15, 0.2) is 36.5 Å². The molecule has 1 aromatic heterocycles. The Kier molecular flexibility index (Phi) is 5.79. The maximum absolute atomic E-state index is 13.0. The highest BCUT2D eigenvalue weighted by Gasteiger charge is 2.29. The first-order chi connectivity index (χ1) is 13.3. The van der Waals surface area contributed by atoms with Gasteiger partial charge in [-0.25, -0.2) is 4.68 Å². The molecule has 0 aliphatic carbocycles. The molecule has 0 radical (unpaired) electrons. The van der Waals surface area contributed by atoms with Crippen molar-refractivity contribution in [1.29, 1.82) is 0 Å². The summed E-state index contributed by atoms with van der Waals surface area (Å²) in [6, 6.07) is 10.2. The summed E-state index contributed by atoms with van der Waals surface area (Å²) in [6.07, 6.45) is 5.21. The zero-order valence-electron chi connectivity index (χ0n) is 15.7. The van der Waals surface area contributed by atoms with Crippen LogP contribution in [0.3, 0.4) is 0 Å². The van der Waals surface area contributed by atoms with Crippen molar-refractivity contribution in [2.45, 2.75) is 31.8 Å². The van der Waals surface area contributed by atoms with Crippen LogP contribution in [-0.2, 0) is 16.1 Å². The number of aromatic nitrogens is 3. The molecule has 1 atom stereocenters. The fourth-order valence-corrected chi connectivity index (χ4v) is 3.95. The van der Waals surface area contributed by atoms with E-state index in [1.807, 2.05) is 36.5 Å². The molecule has 2 aliphatic rings. The first kappa shape index (κ1) is 18.1. The molecule has 4 rings (SSSR count). The van der Waals surface area contributed by atoms with E-state index in [9.17, 15) is 4.79 Å². The Morgan fingerprint density at radius 1 is 1.11 bits per heavy atom. The van der Waals surface area contributed by atoms with Crippen molar-refractivity contribution in [2.24, 2.45) is 0 Å². The fraction of sp³-hybridized carbons (Fsp3) is 0.550. The first-order valence-corrected chi connectivity index (χ1v) is 9.85. The molecule has 7 nitrogen and oxygen atoms in total. The van der Waals surface area contributed by atoms with Gasteiger partial charge in [0.05, 0.1) is 19.4 Å². The van der Waals surface area contributed by atoms with Gasteiger partial charge >= 0.3 is 0 Å². The van der Waals surface area contributed by atoms with Crippen LogP contribution in [0.25, 0.3) is 11.3 Å². The molecule has 1 amide bonds. The summed E-state index contributed by atoms with van der Waals surface area (Å²) in [6.45, 7) is 5.54. The third-order valence-electron chi connectivity index (χ3n) is 5.43. The predicted octanol–water partition coefficient (Wildman–Crippen LogP) is 1.66. The smallest absolute Gasteiger partial charge is 0.244 e. The van der Waals surface area contributed by atoms with Crippen molar-refractivity contribution < 1.29 is 9.53 Å². The summed E-state index contributed by atoms with van der Waals surface area (Å²) in [5.74, 6) is 0.137. The van der Waals surface area contributed by atoms with Crippen molar-refractivity contribution in [3.05, 3.63) is 36.5 Å². The van der Waals surface area contributed by atoms with Gasteiger partial charge in [0.25, 0.3) is 0 Å². The van der Waals surface area contributed by atoms with E-state index >= 15 is 0 Å². The maximum atomic E-state index is 13.0. The van der Waals surface area contributed by atoms with Gasteiger partial charge in [0.2, 0.25) is 5.91 Å². The van der Waals surface area contributed by atoms with Crippen molar-refractivity contribution in [2.75, 3.05) is 39.4 Å². The Balaban J connectivity index is 1.39. The van der Waals surface area contributed by atoms with Gasteiger partial charge in [-0.2, -0.15) is 0 Å². The number of morpholine rings is 1. The molecule has 2 aromatic rings. The minimum Gasteiger partial charge on any atom is -0.379 e. The van der Waals surface area contributed by atoms with Crippen molar-refractivity contribution in [3.63, 3.8) is 0 Å². The van der Waals surface area contributed by atoms with E-state index in [2.05, 4.69) is 20.1 Å². The highest BCUT2D eigenvalue weighted by molar-refractivity contribution is 5.76. The third-order valence-corrected chi connectivity index (χ3v) is 5.43. The van der Waals surface area contributed by atoms with E-state index in [-0.39, 0.29) is 12.5 Å². The summed E-state index contributed by atoms with van der Waals surface area (Å²) in [4.78, 5) is 17.4. The summed E-state index contributed by atoms with van der Waals surface area (Å²) >= 11 is 0. The predicted molar refractivity (Wildman–Crippen MR) is 102 cm³/mol. The van der Waals surface area contributed by atoms with E-state index in [1.165, 1.54) is 6.42 Å². The maximum Gasteiger partial charge on any atom is 0.244 e. The van der Waals surface area contributed by atoms with Gasteiger partial charge in [0.1, 0.15) is 12.2 Å². The SMILES string of the molecule is O=C(Cn1cc(-c2ccccc2)nn1)N1CCCCC1CN1CCOCC1. The normalized spacial score (nSPS) is 21.3. The van der Waals surface area contributed by atoms with Crippen molar-refractivity contribution in [3.8, 4) is 11.3 Å². The Labute approximate surface area is 159 Å². The number of hydrogen-bond acceptors (Lipinski definition) is 5. The van der Waals surface area contributed by atoms with Crippen LogP contribution in [0.5, 0.6) is 0 Å². The highest BCUT2D eigenvalue weighted by Crippen LogP contribution is 2.20. The lowest BCUT2D eigenvalue weighted by atomic mass is 10.0. The monoisotopic (exact) mass is 369 g/mol. The molecule has 27 heavy (non-hydrogen) atoms. The average Bonchev–Trinajstić information content (AvgIpc) is 3.18. The number of piperidine rings is 1.